The van der Waals surface area contributed by atoms with E-state index in [-0.39, 0.29) is 17.7 Å². The third kappa shape index (κ3) is 4.45. The van der Waals surface area contributed by atoms with Crippen LogP contribution in [-0.4, -0.2) is 61.6 Å². The normalized spacial score (nSPS) is 25.0. The number of nitrogens with one attached hydrogen (secondary N) is 1. The number of aliphatic hydroxyl groups excluding tert-OH is 1. The van der Waals surface area contributed by atoms with Crippen molar-refractivity contribution in [2.75, 3.05) is 5.88 Å². The summed E-state index contributed by atoms with van der Waals surface area (Å²) in [6, 6.07) is 16.1. The monoisotopic (exact) mass is 493 g/mol. The molecule has 2 aliphatic heterocycles. The van der Waals surface area contributed by atoms with Crippen LogP contribution in [0.2, 0.25) is 0 Å². The van der Waals surface area contributed by atoms with Gasteiger partial charge in [0.25, 0.3) is 5.91 Å². The molecule has 8 heteroatoms. The molecule has 1 unspecified atom stereocenters. The van der Waals surface area contributed by atoms with E-state index >= 15 is 0 Å². The van der Waals surface area contributed by atoms with Gasteiger partial charge in [0, 0.05) is 12.5 Å². The zero-order valence-corrected chi connectivity index (χ0v) is 20.8. The second-order valence-corrected chi connectivity index (χ2v) is 11.3. The summed E-state index contributed by atoms with van der Waals surface area (Å²) in [5.74, 6) is -0.455. The van der Waals surface area contributed by atoms with Crippen LogP contribution in [0.1, 0.15) is 36.5 Å². The largest absolute Gasteiger partial charge is 0.381 e. The van der Waals surface area contributed by atoms with Crippen molar-refractivity contribution in [3.63, 3.8) is 0 Å². The van der Waals surface area contributed by atoms with Gasteiger partial charge in [-0.15, -0.1) is 11.8 Å². The van der Waals surface area contributed by atoms with Crippen molar-refractivity contribution in [1.82, 2.24) is 15.1 Å². The van der Waals surface area contributed by atoms with Crippen LogP contribution < -0.4 is 5.32 Å². The van der Waals surface area contributed by atoms with Gasteiger partial charge < -0.3 is 20.2 Å². The molecule has 0 spiro atoms. The number of β-lactam (4-membered cyclic amide) rings is 1. The van der Waals surface area contributed by atoms with Crippen LogP contribution in [0, 0.1) is 12.8 Å². The predicted octanol–water partition coefficient (Wildman–Crippen LogP) is 2.45. The number of likely N-dealkylation sites (tertiary alicyclic amines) is 1. The van der Waals surface area contributed by atoms with Crippen LogP contribution in [0.3, 0.4) is 0 Å². The van der Waals surface area contributed by atoms with Crippen LogP contribution in [0.15, 0.2) is 54.6 Å². The molecular formula is C27H31N3O4S. The van der Waals surface area contributed by atoms with Gasteiger partial charge in [0.1, 0.15) is 10.9 Å². The summed E-state index contributed by atoms with van der Waals surface area (Å²) in [6.45, 7) is 4.50. The molecule has 2 N–H and O–H groups in total. The topological polar surface area (TPSA) is 90.0 Å². The maximum Gasteiger partial charge on any atom is 0.255 e. The van der Waals surface area contributed by atoms with E-state index in [1.54, 1.807) is 11.8 Å². The minimum absolute atomic E-state index is 0.0376. The lowest BCUT2D eigenvalue weighted by Gasteiger charge is -2.53. The molecule has 4 atom stereocenters. The quantitative estimate of drug-likeness (QED) is 0.552. The number of aliphatic hydroxyl groups is 1. The average molecular weight is 494 g/mol. The Morgan fingerprint density at radius 1 is 1.14 bits per heavy atom. The molecule has 7 nitrogen and oxygen atoms in total. The van der Waals surface area contributed by atoms with E-state index in [1.807, 2.05) is 73.3 Å². The fourth-order valence-corrected chi connectivity index (χ4v) is 6.39. The number of hydrogen-bond acceptors (Lipinski definition) is 5. The molecule has 0 radical (unpaired) electrons. The number of carbonyl (C=O) groups excluding carboxylic acids is 3. The Morgan fingerprint density at radius 3 is 2.51 bits per heavy atom. The number of benzene rings is 2. The van der Waals surface area contributed by atoms with Crippen LogP contribution in [-0.2, 0) is 27.3 Å². The lowest BCUT2D eigenvalue weighted by atomic mass is 9.91. The molecule has 2 aromatic rings. The van der Waals surface area contributed by atoms with E-state index in [9.17, 15) is 19.5 Å². The first-order valence-electron chi connectivity index (χ1n) is 12.1. The van der Waals surface area contributed by atoms with Crippen molar-refractivity contribution in [2.24, 2.45) is 5.92 Å². The molecule has 2 saturated heterocycles. The second kappa shape index (κ2) is 9.32. The zero-order chi connectivity index (χ0) is 24.7. The smallest absolute Gasteiger partial charge is 0.255 e. The second-order valence-electron chi connectivity index (χ2n) is 9.91. The highest BCUT2D eigenvalue weighted by Gasteiger charge is 2.65. The lowest BCUT2D eigenvalue weighted by molar-refractivity contribution is -0.168. The van der Waals surface area contributed by atoms with Crippen molar-refractivity contribution in [3.05, 3.63) is 71.3 Å². The summed E-state index contributed by atoms with van der Waals surface area (Å²) in [5.41, 5.74) is 3.12. The average Bonchev–Trinajstić information content (AvgIpc) is 3.66. The number of fused-ring (bicyclic) bond motifs is 1. The van der Waals surface area contributed by atoms with Crippen molar-refractivity contribution in [1.29, 1.82) is 0 Å². The maximum atomic E-state index is 13.5. The summed E-state index contributed by atoms with van der Waals surface area (Å²) >= 11 is 1.54. The van der Waals surface area contributed by atoms with E-state index < -0.39 is 29.0 Å². The molecule has 2 heterocycles. The van der Waals surface area contributed by atoms with Crippen LogP contribution in [0.5, 0.6) is 0 Å². The number of thioether (sulfide) groups is 1. The Morgan fingerprint density at radius 2 is 1.83 bits per heavy atom. The standard InChI is InChI=1S/C27H31N3O4S/c1-17-8-6-7-11-20(17)15-30-26(34)23-27(30,2)35-16-29(23)25(33)22(31)21(28-24(32)19-12-13-19)14-18-9-4-3-5-10-18/h3-11,19,21-23,31H,12-16H2,1-2H3,(H,28,32)/t21-,22-,23+,27?/m0/s1. The van der Waals surface area contributed by atoms with Crippen molar-refractivity contribution in [2.45, 2.75) is 62.7 Å². The fourth-order valence-electron chi connectivity index (χ4n) is 5.01. The van der Waals surface area contributed by atoms with E-state index in [0.717, 1.165) is 29.5 Å². The molecule has 1 saturated carbocycles. The molecular weight excluding hydrogens is 462 g/mol. The minimum atomic E-state index is -1.43. The van der Waals surface area contributed by atoms with Crippen molar-refractivity contribution in [3.8, 4) is 0 Å². The van der Waals surface area contributed by atoms with E-state index in [1.165, 1.54) is 4.90 Å². The van der Waals surface area contributed by atoms with Gasteiger partial charge in [0.15, 0.2) is 6.10 Å². The highest BCUT2D eigenvalue weighted by Crippen LogP contribution is 2.51. The summed E-state index contributed by atoms with van der Waals surface area (Å²) < 4.78 is 0. The SMILES string of the molecule is Cc1ccccc1CN1C(=O)[C@H]2N(C(=O)[C@@H](O)[C@H](Cc3ccccc3)NC(=O)C3CC3)CSC21C. The van der Waals surface area contributed by atoms with E-state index in [4.69, 9.17) is 0 Å². The summed E-state index contributed by atoms with van der Waals surface area (Å²) in [7, 11) is 0. The highest BCUT2D eigenvalue weighted by atomic mass is 32.2. The molecule has 0 bridgehead atoms. The molecule has 2 aromatic carbocycles. The van der Waals surface area contributed by atoms with Gasteiger partial charge >= 0.3 is 0 Å². The first-order valence-corrected chi connectivity index (χ1v) is 13.1. The Balaban J connectivity index is 1.31. The number of carbonyl (C=O) groups is 3. The van der Waals surface area contributed by atoms with Gasteiger partial charge in [-0.1, -0.05) is 54.6 Å². The number of aryl methyl sites for hydroxylation is 1. The number of hydrogen-bond donors (Lipinski definition) is 2. The zero-order valence-electron chi connectivity index (χ0n) is 20.0. The number of rotatable bonds is 8. The van der Waals surface area contributed by atoms with Crippen LogP contribution >= 0.6 is 11.8 Å². The Labute approximate surface area is 209 Å². The van der Waals surface area contributed by atoms with Gasteiger partial charge in [0.2, 0.25) is 11.8 Å². The summed E-state index contributed by atoms with van der Waals surface area (Å²) in [4.78, 5) is 42.0. The van der Waals surface area contributed by atoms with Crippen LogP contribution in [0.25, 0.3) is 0 Å². The first kappa shape index (κ1) is 23.9. The fraction of sp³-hybridized carbons (Fsp3) is 0.444. The third-order valence-corrected chi connectivity index (χ3v) is 8.87. The van der Waals surface area contributed by atoms with Gasteiger partial charge in [0.05, 0.1) is 11.9 Å². The lowest BCUT2D eigenvalue weighted by Crippen LogP contribution is -2.73. The first-order chi connectivity index (χ1) is 16.8. The van der Waals surface area contributed by atoms with Crippen molar-refractivity contribution < 1.29 is 19.5 Å². The van der Waals surface area contributed by atoms with E-state index in [0.29, 0.717) is 18.8 Å². The molecule has 1 aliphatic carbocycles. The minimum Gasteiger partial charge on any atom is -0.381 e. The molecule has 3 aliphatic rings. The van der Waals surface area contributed by atoms with Gasteiger partial charge in [-0.2, -0.15) is 0 Å². The Kier molecular flexibility index (Phi) is 6.36. The Bertz CT molecular complexity index is 1140. The predicted molar refractivity (Wildman–Crippen MR) is 134 cm³/mol. The molecule has 35 heavy (non-hydrogen) atoms. The molecule has 0 aromatic heterocycles. The summed E-state index contributed by atoms with van der Waals surface area (Å²) in [5, 5.41) is 14.1. The van der Waals surface area contributed by atoms with Gasteiger partial charge in [-0.3, -0.25) is 14.4 Å². The molecule has 5 rings (SSSR count). The van der Waals surface area contributed by atoms with Gasteiger partial charge in [-0.25, -0.2) is 0 Å². The van der Waals surface area contributed by atoms with Gasteiger partial charge in [-0.05, 0) is 49.8 Å². The van der Waals surface area contributed by atoms with Crippen LogP contribution in [0.4, 0.5) is 0 Å². The summed E-state index contributed by atoms with van der Waals surface area (Å²) in [6.07, 6.45) is 0.576. The highest BCUT2D eigenvalue weighted by molar-refractivity contribution is 8.01. The van der Waals surface area contributed by atoms with Crippen molar-refractivity contribution >= 4 is 29.5 Å². The third-order valence-electron chi connectivity index (χ3n) is 7.43. The molecule has 3 fully saturated rings. The van der Waals surface area contributed by atoms with E-state index in [2.05, 4.69) is 5.32 Å². The number of amides is 3. The Hall–Kier alpha value is -2.84. The maximum absolute atomic E-state index is 13.5. The molecule has 3 amide bonds. The number of nitrogens with zero attached hydrogens (tertiary/aromatic N) is 2. The molecule has 184 valence electrons.